The summed E-state index contributed by atoms with van der Waals surface area (Å²) < 4.78 is 62.9. The minimum atomic E-state index is -1.10. The molecule has 43 heavy (non-hydrogen) atoms. The number of hydrogen-bond acceptors (Lipinski definition) is 8. The summed E-state index contributed by atoms with van der Waals surface area (Å²) in [5.41, 5.74) is 1.01. The minimum absolute atomic E-state index is 0.0724. The summed E-state index contributed by atoms with van der Waals surface area (Å²) in [5.74, 6) is -0.831. The second-order valence-electron chi connectivity index (χ2n) is 10.0. The highest BCUT2D eigenvalue weighted by Gasteiger charge is 2.50. The molecule has 0 aliphatic carbocycles. The van der Waals surface area contributed by atoms with Gasteiger partial charge in [-0.15, -0.1) is 0 Å². The van der Waals surface area contributed by atoms with Gasteiger partial charge in [-0.2, -0.15) is 0 Å². The Bertz CT molecular complexity index is 1110. The standard InChI is InChI=1S/C31H42F2N2O8/c1-4-7-18-39-29-28(40-19-21-8-10-22(32)11-9-21)27(38-17-6-3)26(25(42-29)20-41-30(36)34-16-5-2)43-31(37)35-24-14-12-23(33)13-15-24/h8-15,25-29H,4-7,16-20H2,1-3H3,(H,34,36)(H,35,37)/t25-,26-,27+,28-,29-/m1/s1. The molecule has 5 atom stereocenters. The number of benzene rings is 2. The first kappa shape index (κ1) is 34.2. The third-order valence-electron chi connectivity index (χ3n) is 6.47. The molecule has 2 amide bonds. The lowest BCUT2D eigenvalue weighted by Gasteiger charge is -2.45. The summed E-state index contributed by atoms with van der Waals surface area (Å²) in [7, 11) is 0. The van der Waals surface area contributed by atoms with Crippen molar-refractivity contribution in [2.24, 2.45) is 0 Å². The molecule has 1 aliphatic rings. The predicted octanol–water partition coefficient (Wildman–Crippen LogP) is 5.94. The third kappa shape index (κ3) is 11.4. The van der Waals surface area contributed by atoms with Crippen molar-refractivity contribution in [1.82, 2.24) is 5.32 Å². The maximum Gasteiger partial charge on any atom is 0.412 e. The van der Waals surface area contributed by atoms with Gasteiger partial charge in [-0.05, 0) is 61.2 Å². The third-order valence-corrected chi connectivity index (χ3v) is 6.47. The molecule has 0 bridgehead atoms. The van der Waals surface area contributed by atoms with Crippen LogP contribution in [-0.2, 0) is 35.0 Å². The summed E-state index contributed by atoms with van der Waals surface area (Å²) in [5, 5.41) is 5.20. The van der Waals surface area contributed by atoms with E-state index >= 15 is 0 Å². The van der Waals surface area contributed by atoms with Crippen LogP contribution < -0.4 is 10.6 Å². The SMILES string of the molecule is CCCCO[C@@H]1O[C@H](COC(=O)NCCC)[C@@H](OC(=O)Nc2ccc(F)cc2)[C@H](OCCC)[C@H]1OCc1ccc(F)cc1. The summed E-state index contributed by atoms with van der Waals surface area (Å²) >= 11 is 0. The van der Waals surface area contributed by atoms with Crippen LogP contribution in [0.3, 0.4) is 0 Å². The van der Waals surface area contributed by atoms with Crippen LogP contribution in [-0.4, -0.2) is 69.3 Å². The molecule has 1 heterocycles. The lowest BCUT2D eigenvalue weighted by Crippen LogP contribution is -2.62. The van der Waals surface area contributed by atoms with Crippen LogP contribution in [0.4, 0.5) is 24.1 Å². The Morgan fingerprint density at radius 1 is 0.791 bits per heavy atom. The second-order valence-corrected chi connectivity index (χ2v) is 10.0. The van der Waals surface area contributed by atoms with E-state index < -0.39 is 48.7 Å². The van der Waals surface area contributed by atoms with Gasteiger partial charge in [0.2, 0.25) is 0 Å². The van der Waals surface area contributed by atoms with Crippen molar-refractivity contribution in [1.29, 1.82) is 0 Å². The van der Waals surface area contributed by atoms with Gasteiger partial charge in [-0.25, -0.2) is 18.4 Å². The van der Waals surface area contributed by atoms with Crippen molar-refractivity contribution in [3.63, 3.8) is 0 Å². The molecule has 238 valence electrons. The average Bonchev–Trinajstić information content (AvgIpc) is 3.00. The number of carbonyl (C=O) groups is 2. The number of anilines is 1. The Morgan fingerprint density at radius 2 is 1.49 bits per heavy atom. The maximum absolute atomic E-state index is 13.5. The van der Waals surface area contributed by atoms with Gasteiger partial charge in [-0.1, -0.05) is 39.3 Å². The van der Waals surface area contributed by atoms with E-state index in [-0.39, 0.29) is 19.0 Å². The Kier molecular flexibility index (Phi) is 14.6. The van der Waals surface area contributed by atoms with E-state index in [0.717, 1.165) is 19.3 Å². The van der Waals surface area contributed by atoms with E-state index in [0.29, 0.717) is 37.4 Å². The lowest BCUT2D eigenvalue weighted by atomic mass is 9.98. The molecule has 2 aromatic carbocycles. The van der Waals surface area contributed by atoms with E-state index in [2.05, 4.69) is 10.6 Å². The Hall–Kier alpha value is -3.32. The topological polar surface area (TPSA) is 114 Å². The van der Waals surface area contributed by atoms with Crippen LogP contribution in [0.5, 0.6) is 0 Å². The summed E-state index contributed by atoms with van der Waals surface area (Å²) in [4.78, 5) is 25.3. The number of hydrogen-bond donors (Lipinski definition) is 2. The van der Waals surface area contributed by atoms with Crippen LogP contribution in [0.15, 0.2) is 48.5 Å². The van der Waals surface area contributed by atoms with Crippen LogP contribution in [0.2, 0.25) is 0 Å². The molecule has 10 nitrogen and oxygen atoms in total. The minimum Gasteiger partial charge on any atom is -0.447 e. The van der Waals surface area contributed by atoms with Crippen LogP contribution in [0, 0.1) is 11.6 Å². The fourth-order valence-electron chi connectivity index (χ4n) is 4.27. The maximum atomic E-state index is 13.5. The molecular formula is C31H42F2N2O8. The van der Waals surface area contributed by atoms with Gasteiger partial charge in [0.1, 0.15) is 36.6 Å². The molecular weight excluding hydrogens is 566 g/mol. The molecule has 2 aromatic rings. The zero-order valence-electron chi connectivity index (χ0n) is 24.9. The molecule has 0 spiro atoms. The average molecular weight is 609 g/mol. The van der Waals surface area contributed by atoms with Crippen molar-refractivity contribution >= 4 is 17.9 Å². The molecule has 1 fully saturated rings. The highest BCUT2D eigenvalue weighted by atomic mass is 19.1. The van der Waals surface area contributed by atoms with Gasteiger partial charge in [0.05, 0.1) is 6.61 Å². The van der Waals surface area contributed by atoms with Gasteiger partial charge in [0.25, 0.3) is 0 Å². The van der Waals surface area contributed by atoms with Crippen molar-refractivity contribution in [3.05, 3.63) is 65.7 Å². The van der Waals surface area contributed by atoms with E-state index in [1.54, 1.807) is 12.1 Å². The zero-order valence-corrected chi connectivity index (χ0v) is 24.9. The first-order valence-corrected chi connectivity index (χ1v) is 14.7. The molecule has 2 N–H and O–H groups in total. The van der Waals surface area contributed by atoms with E-state index in [9.17, 15) is 18.4 Å². The zero-order chi connectivity index (χ0) is 31.0. The quantitative estimate of drug-likeness (QED) is 0.225. The smallest absolute Gasteiger partial charge is 0.412 e. The largest absolute Gasteiger partial charge is 0.447 e. The van der Waals surface area contributed by atoms with Crippen LogP contribution in [0.1, 0.15) is 52.0 Å². The molecule has 0 aromatic heterocycles. The first-order valence-electron chi connectivity index (χ1n) is 14.7. The van der Waals surface area contributed by atoms with E-state index in [1.807, 2.05) is 20.8 Å². The number of rotatable bonds is 16. The molecule has 0 unspecified atom stereocenters. The number of amides is 2. The predicted molar refractivity (Wildman–Crippen MR) is 154 cm³/mol. The number of ether oxygens (including phenoxy) is 6. The highest BCUT2D eigenvalue weighted by Crippen LogP contribution is 2.31. The number of unbranched alkanes of at least 4 members (excludes halogenated alkanes) is 1. The summed E-state index contributed by atoms with van der Waals surface area (Å²) in [6.45, 7) is 6.75. The molecule has 0 saturated carbocycles. The Morgan fingerprint density at radius 3 is 2.14 bits per heavy atom. The highest BCUT2D eigenvalue weighted by molar-refractivity contribution is 5.84. The fourth-order valence-corrected chi connectivity index (χ4v) is 4.27. The second kappa shape index (κ2) is 18.4. The monoisotopic (exact) mass is 608 g/mol. The number of halogens is 2. The van der Waals surface area contributed by atoms with Crippen molar-refractivity contribution in [2.45, 2.75) is 83.8 Å². The molecule has 1 aliphatic heterocycles. The van der Waals surface area contributed by atoms with Crippen molar-refractivity contribution in [2.75, 3.05) is 31.7 Å². The van der Waals surface area contributed by atoms with Gasteiger partial charge >= 0.3 is 12.2 Å². The lowest BCUT2D eigenvalue weighted by molar-refractivity contribution is -0.316. The van der Waals surface area contributed by atoms with Gasteiger partial charge in [0, 0.05) is 25.4 Å². The van der Waals surface area contributed by atoms with Gasteiger partial charge in [-0.3, -0.25) is 5.32 Å². The number of alkyl carbamates (subject to hydrolysis) is 1. The molecule has 3 rings (SSSR count). The summed E-state index contributed by atoms with van der Waals surface area (Å²) in [6, 6.07) is 11.1. The normalized spacial score (nSPS) is 21.7. The van der Waals surface area contributed by atoms with Crippen LogP contribution in [0.25, 0.3) is 0 Å². The number of carbonyl (C=O) groups excluding carboxylic acids is 2. The molecule has 0 radical (unpaired) electrons. The Balaban J connectivity index is 1.88. The Labute approximate surface area is 251 Å². The summed E-state index contributed by atoms with van der Waals surface area (Å²) in [6.07, 6.45) is -3.31. The van der Waals surface area contributed by atoms with Crippen molar-refractivity contribution in [3.8, 4) is 0 Å². The fraction of sp³-hybridized carbons (Fsp3) is 0.548. The number of nitrogens with one attached hydrogen (secondary N) is 2. The van der Waals surface area contributed by atoms with Gasteiger partial charge < -0.3 is 33.7 Å². The van der Waals surface area contributed by atoms with Crippen molar-refractivity contribution < 1.29 is 46.8 Å². The molecule has 12 heteroatoms. The van der Waals surface area contributed by atoms with E-state index in [4.69, 9.17) is 28.4 Å². The molecule has 1 saturated heterocycles. The van der Waals surface area contributed by atoms with E-state index in [1.165, 1.54) is 36.4 Å². The van der Waals surface area contributed by atoms with Gasteiger partial charge in [0.15, 0.2) is 12.4 Å². The van der Waals surface area contributed by atoms with Crippen LogP contribution >= 0.6 is 0 Å². The first-order chi connectivity index (χ1) is 20.8.